The zero-order valence-electron chi connectivity index (χ0n) is 22.3. The number of nitrogens with one attached hydrogen (secondary N) is 1. The van der Waals surface area contributed by atoms with Gasteiger partial charge >= 0.3 is 6.01 Å². The highest BCUT2D eigenvalue weighted by atomic mass is 19.3. The number of rotatable bonds is 7. The molecule has 3 aliphatic rings. The fraction of sp³-hybridized carbons (Fsp3) is 0.464. The molecule has 3 aromatic rings. The molecule has 10 nitrogen and oxygen atoms in total. The van der Waals surface area contributed by atoms with Crippen molar-refractivity contribution in [2.75, 3.05) is 57.3 Å². The number of aromatic nitrogens is 4. The summed E-state index contributed by atoms with van der Waals surface area (Å²) in [6.07, 6.45) is 3.73. The number of carbonyl (C=O) groups is 1. The summed E-state index contributed by atoms with van der Waals surface area (Å²) in [7, 11) is 0. The van der Waals surface area contributed by atoms with Crippen LogP contribution < -0.4 is 9.64 Å². The molecule has 3 aliphatic heterocycles. The molecule has 0 atom stereocenters. The molecule has 1 N–H and O–H groups in total. The Morgan fingerprint density at radius 1 is 1.23 bits per heavy atom. The van der Waals surface area contributed by atoms with Crippen molar-refractivity contribution >= 4 is 22.6 Å². The van der Waals surface area contributed by atoms with Gasteiger partial charge in [0.1, 0.15) is 18.2 Å². The van der Waals surface area contributed by atoms with Gasteiger partial charge in [0.15, 0.2) is 5.82 Å². The van der Waals surface area contributed by atoms with Gasteiger partial charge in [0.05, 0.1) is 24.0 Å². The smallest absolute Gasteiger partial charge is 0.319 e. The Hall–Kier alpha value is -4.11. The first-order valence-corrected chi connectivity index (χ1v) is 13.4. The molecular formula is C28H30F2N8O2. The Morgan fingerprint density at radius 2 is 2.05 bits per heavy atom. The summed E-state index contributed by atoms with van der Waals surface area (Å²) in [5, 5.41) is 18.4. The first-order valence-electron chi connectivity index (χ1n) is 13.4. The summed E-state index contributed by atoms with van der Waals surface area (Å²) in [6.45, 7) is 8.57. The number of nitrogens with zero attached hydrogens (tertiary/aromatic N) is 7. The number of hydrogen-bond donors (Lipinski definition) is 1. The highest BCUT2D eigenvalue weighted by Gasteiger charge is 2.49. The van der Waals surface area contributed by atoms with E-state index < -0.39 is 5.92 Å². The van der Waals surface area contributed by atoms with Crippen molar-refractivity contribution < 1.29 is 18.3 Å². The molecule has 5 heterocycles. The number of alkyl halides is 2. The van der Waals surface area contributed by atoms with Gasteiger partial charge in [-0.1, -0.05) is 12.6 Å². The number of hydrogen-bond acceptors (Lipinski definition) is 8. The molecule has 1 amide bonds. The van der Waals surface area contributed by atoms with Crippen LogP contribution in [0.3, 0.4) is 0 Å². The van der Waals surface area contributed by atoms with Crippen molar-refractivity contribution in [2.45, 2.75) is 25.7 Å². The van der Waals surface area contributed by atoms with Crippen LogP contribution in [0.15, 0.2) is 31.0 Å². The molecular weight excluding hydrogens is 518 g/mol. The second kappa shape index (κ2) is 9.82. The number of fused-ring (bicyclic) bond motifs is 1. The second-order valence-electron chi connectivity index (χ2n) is 11.1. The average Bonchev–Trinajstić information content (AvgIpc) is 3.65. The predicted molar refractivity (Wildman–Crippen MR) is 144 cm³/mol. The zero-order chi connectivity index (χ0) is 28.1. The van der Waals surface area contributed by atoms with Crippen LogP contribution in [0.4, 0.5) is 14.6 Å². The summed E-state index contributed by atoms with van der Waals surface area (Å²) < 4.78 is 33.2. The molecule has 40 heavy (non-hydrogen) atoms. The van der Waals surface area contributed by atoms with Crippen LogP contribution in [-0.2, 0) is 4.79 Å². The van der Waals surface area contributed by atoms with Crippen LogP contribution in [0.1, 0.15) is 24.0 Å². The number of carbonyl (C=O) groups excluding carboxylic acids is 1. The van der Waals surface area contributed by atoms with Gasteiger partial charge in [-0.2, -0.15) is 20.3 Å². The first kappa shape index (κ1) is 26.1. The van der Waals surface area contributed by atoms with Crippen molar-refractivity contribution in [2.24, 2.45) is 5.41 Å². The molecule has 0 radical (unpaired) electrons. The Bertz CT molecular complexity index is 1520. The molecule has 2 aromatic heterocycles. The first-order chi connectivity index (χ1) is 19.2. The number of likely N-dealkylation sites (tertiary alicyclic amines) is 2. The van der Waals surface area contributed by atoms with Crippen LogP contribution in [0.2, 0.25) is 0 Å². The standard InChI is InChI=1S/C28H30F2N8O2/c1-3-22(39)38-15-27(16-38)6-9-37(14-27)25-19(12-31)24(23-18(2)4-5-21-20(23)13-32-35-21)33-26(34-25)40-11-10-36-8-7-28(29,30)17-36/h3-5,13H,1,6-11,14-17H2,2H3,(H,32,35). The molecule has 6 rings (SSSR count). The number of ether oxygens (including phenoxy) is 1. The van der Waals surface area contributed by atoms with E-state index in [4.69, 9.17) is 9.72 Å². The molecule has 12 heteroatoms. The van der Waals surface area contributed by atoms with Gasteiger partial charge in [-0.05, 0) is 31.1 Å². The summed E-state index contributed by atoms with van der Waals surface area (Å²) >= 11 is 0. The van der Waals surface area contributed by atoms with Crippen molar-refractivity contribution in [3.05, 3.63) is 42.1 Å². The van der Waals surface area contributed by atoms with E-state index in [9.17, 15) is 18.8 Å². The number of amides is 1. The van der Waals surface area contributed by atoms with E-state index in [1.165, 1.54) is 6.08 Å². The molecule has 0 aliphatic carbocycles. The molecule has 208 valence electrons. The van der Waals surface area contributed by atoms with Gasteiger partial charge in [0, 0.05) is 62.1 Å². The summed E-state index contributed by atoms with van der Waals surface area (Å²) in [5.74, 6) is -2.28. The van der Waals surface area contributed by atoms with Gasteiger partial charge in [0.2, 0.25) is 5.91 Å². The van der Waals surface area contributed by atoms with Crippen molar-refractivity contribution in [3.63, 3.8) is 0 Å². The molecule has 3 fully saturated rings. The Kier molecular flexibility index (Phi) is 6.41. The zero-order valence-corrected chi connectivity index (χ0v) is 22.3. The third kappa shape index (κ3) is 4.64. The Balaban J connectivity index is 1.34. The van der Waals surface area contributed by atoms with Crippen molar-refractivity contribution in [1.29, 1.82) is 5.26 Å². The number of benzene rings is 1. The van der Waals surface area contributed by atoms with Gasteiger partial charge in [0.25, 0.3) is 5.92 Å². The maximum Gasteiger partial charge on any atom is 0.319 e. The van der Waals surface area contributed by atoms with Crippen LogP contribution in [0.25, 0.3) is 22.2 Å². The van der Waals surface area contributed by atoms with Crippen LogP contribution in [-0.4, -0.2) is 94.2 Å². The summed E-state index contributed by atoms with van der Waals surface area (Å²) in [5.41, 5.74) is 3.19. The van der Waals surface area contributed by atoms with Crippen LogP contribution in [0, 0.1) is 23.7 Å². The van der Waals surface area contributed by atoms with Crippen molar-refractivity contribution in [3.8, 4) is 23.3 Å². The third-order valence-electron chi connectivity index (χ3n) is 8.21. The van der Waals surface area contributed by atoms with E-state index in [-0.39, 0.29) is 36.9 Å². The number of anilines is 1. The molecule has 0 unspecified atom stereocenters. The highest BCUT2D eigenvalue weighted by molar-refractivity contribution is 5.97. The van der Waals surface area contributed by atoms with Crippen LogP contribution >= 0.6 is 0 Å². The molecule has 0 saturated carbocycles. The summed E-state index contributed by atoms with van der Waals surface area (Å²) in [4.78, 5) is 26.9. The minimum absolute atomic E-state index is 0.0704. The van der Waals surface area contributed by atoms with Crippen molar-refractivity contribution in [1.82, 2.24) is 30.0 Å². The van der Waals surface area contributed by atoms with Gasteiger partial charge in [-0.15, -0.1) is 0 Å². The lowest BCUT2D eigenvalue weighted by Gasteiger charge is -2.47. The predicted octanol–water partition coefficient (Wildman–Crippen LogP) is 3.14. The lowest BCUT2D eigenvalue weighted by Crippen LogP contribution is -2.59. The van der Waals surface area contributed by atoms with E-state index in [1.807, 2.05) is 19.1 Å². The quantitative estimate of drug-likeness (QED) is 0.448. The minimum Gasteiger partial charge on any atom is -0.462 e. The molecule has 0 bridgehead atoms. The van der Waals surface area contributed by atoms with Gasteiger partial charge < -0.3 is 14.5 Å². The fourth-order valence-electron chi connectivity index (χ4n) is 6.13. The molecule has 1 spiro atoms. The average molecular weight is 549 g/mol. The number of aromatic amines is 1. The maximum absolute atomic E-state index is 13.6. The van der Waals surface area contributed by atoms with E-state index in [2.05, 4.69) is 32.7 Å². The number of halogens is 2. The normalized spacial score (nSPS) is 19.6. The van der Waals surface area contributed by atoms with Gasteiger partial charge in [-0.25, -0.2) is 8.78 Å². The monoisotopic (exact) mass is 548 g/mol. The summed E-state index contributed by atoms with van der Waals surface area (Å²) in [6, 6.07) is 6.30. The second-order valence-corrected chi connectivity index (χ2v) is 11.1. The fourth-order valence-corrected chi connectivity index (χ4v) is 6.13. The third-order valence-corrected chi connectivity index (χ3v) is 8.21. The van der Waals surface area contributed by atoms with E-state index in [0.29, 0.717) is 56.3 Å². The highest BCUT2D eigenvalue weighted by Crippen LogP contribution is 2.43. The van der Waals surface area contributed by atoms with E-state index in [0.717, 1.165) is 28.5 Å². The lowest BCUT2D eigenvalue weighted by atomic mass is 9.79. The Labute approximate surface area is 230 Å². The Morgan fingerprint density at radius 3 is 2.77 bits per heavy atom. The number of H-pyrrole nitrogens is 1. The molecule has 1 aromatic carbocycles. The van der Waals surface area contributed by atoms with E-state index >= 15 is 0 Å². The largest absolute Gasteiger partial charge is 0.462 e. The molecule has 3 saturated heterocycles. The van der Waals surface area contributed by atoms with Crippen LogP contribution in [0.5, 0.6) is 6.01 Å². The number of nitriles is 1. The topological polar surface area (TPSA) is 114 Å². The van der Waals surface area contributed by atoms with Gasteiger partial charge in [-0.3, -0.25) is 14.8 Å². The maximum atomic E-state index is 13.6. The van der Waals surface area contributed by atoms with E-state index in [1.54, 1.807) is 16.0 Å². The minimum atomic E-state index is -2.68. The number of aryl methyl sites for hydroxylation is 1. The SMILES string of the molecule is C=CC(=O)N1CC2(CCN(c3nc(OCCN4CCC(F)(F)C4)nc(-c4c(C)ccc5[nH]ncc45)c3C#N)C2)C1. The lowest BCUT2D eigenvalue weighted by molar-refractivity contribution is -0.136.